The van der Waals surface area contributed by atoms with Gasteiger partial charge in [-0.1, -0.05) is 18.9 Å². The molecule has 2 rings (SSSR count). The molecule has 1 aromatic rings. The van der Waals surface area contributed by atoms with Crippen molar-refractivity contribution < 1.29 is 9.18 Å². The van der Waals surface area contributed by atoms with Crippen molar-refractivity contribution in [3.8, 4) is 0 Å². The molecule has 0 aliphatic heterocycles. The molecule has 4 nitrogen and oxygen atoms in total. The van der Waals surface area contributed by atoms with Gasteiger partial charge in [0.25, 0.3) is 0 Å². The van der Waals surface area contributed by atoms with Gasteiger partial charge in [-0.2, -0.15) is 0 Å². The number of rotatable bonds is 6. The largest absolute Gasteiger partial charge is 0.369 e. The number of carbonyl (C=O) groups excluding carboxylic acids is 1. The van der Waals surface area contributed by atoms with Crippen LogP contribution in [0.5, 0.6) is 0 Å². The van der Waals surface area contributed by atoms with E-state index in [2.05, 4.69) is 4.90 Å². The lowest BCUT2D eigenvalue weighted by Crippen LogP contribution is -2.39. The summed E-state index contributed by atoms with van der Waals surface area (Å²) in [6.07, 6.45) is 4.55. The van der Waals surface area contributed by atoms with Crippen LogP contribution in [0.25, 0.3) is 0 Å². The average molecular weight is 279 g/mol. The molecule has 0 atom stereocenters. The lowest BCUT2D eigenvalue weighted by atomic mass is 10.1. The lowest BCUT2D eigenvalue weighted by molar-refractivity contribution is -0.119. The van der Waals surface area contributed by atoms with Crippen LogP contribution in [0.3, 0.4) is 0 Å². The van der Waals surface area contributed by atoms with Crippen LogP contribution in [0, 0.1) is 5.82 Å². The summed E-state index contributed by atoms with van der Waals surface area (Å²) in [5.41, 5.74) is 12.8. The Kier molecular flexibility index (Phi) is 5.09. The molecule has 1 aliphatic rings. The average Bonchev–Trinajstić information content (AvgIpc) is 2.93. The molecule has 1 aromatic carbocycles. The van der Waals surface area contributed by atoms with E-state index in [9.17, 15) is 9.18 Å². The van der Waals surface area contributed by atoms with Crippen molar-refractivity contribution in [3.05, 3.63) is 35.1 Å². The molecule has 5 heteroatoms. The normalized spacial score (nSPS) is 15.9. The third kappa shape index (κ3) is 3.77. The summed E-state index contributed by atoms with van der Waals surface area (Å²) in [6, 6.07) is 5.04. The highest BCUT2D eigenvalue weighted by Crippen LogP contribution is 2.25. The zero-order valence-corrected chi connectivity index (χ0v) is 11.6. The van der Waals surface area contributed by atoms with Gasteiger partial charge in [-0.3, -0.25) is 9.69 Å². The quantitative estimate of drug-likeness (QED) is 0.829. The van der Waals surface area contributed by atoms with E-state index in [1.165, 1.54) is 25.0 Å². The molecule has 20 heavy (non-hydrogen) atoms. The number of hydrogen-bond donors (Lipinski definition) is 2. The number of nitrogens with two attached hydrogens (primary N) is 2. The standard InChI is InChI=1S/C15H22FN3O/c16-13-6-5-11(12(7-13)8-17)9-19(10-15(18)20)14-3-1-2-4-14/h5-7,14H,1-4,8-10,17H2,(H2,18,20). The van der Waals surface area contributed by atoms with E-state index >= 15 is 0 Å². The lowest BCUT2D eigenvalue weighted by Gasteiger charge is -2.28. The van der Waals surface area contributed by atoms with Crippen LogP contribution in [0.2, 0.25) is 0 Å². The molecule has 1 saturated carbocycles. The first-order valence-corrected chi connectivity index (χ1v) is 7.10. The highest BCUT2D eigenvalue weighted by Gasteiger charge is 2.24. The molecular formula is C15H22FN3O. The second-order valence-electron chi connectivity index (χ2n) is 5.43. The Morgan fingerprint density at radius 1 is 1.30 bits per heavy atom. The maximum absolute atomic E-state index is 13.2. The number of nitrogens with zero attached hydrogens (tertiary/aromatic N) is 1. The third-order valence-electron chi connectivity index (χ3n) is 3.96. The fraction of sp³-hybridized carbons (Fsp3) is 0.533. The first kappa shape index (κ1) is 14.9. The Labute approximate surface area is 118 Å². The summed E-state index contributed by atoms with van der Waals surface area (Å²) in [6.45, 7) is 1.13. The minimum absolute atomic E-state index is 0.242. The molecule has 1 fully saturated rings. The smallest absolute Gasteiger partial charge is 0.231 e. The Hall–Kier alpha value is -1.46. The van der Waals surface area contributed by atoms with Crippen molar-refractivity contribution in [3.63, 3.8) is 0 Å². The number of benzene rings is 1. The van der Waals surface area contributed by atoms with E-state index in [1.807, 2.05) is 0 Å². The van der Waals surface area contributed by atoms with E-state index in [0.29, 0.717) is 19.1 Å². The molecular weight excluding hydrogens is 257 g/mol. The zero-order valence-electron chi connectivity index (χ0n) is 11.6. The Balaban J connectivity index is 2.15. The van der Waals surface area contributed by atoms with E-state index in [4.69, 9.17) is 11.5 Å². The molecule has 0 saturated heterocycles. The van der Waals surface area contributed by atoms with E-state index < -0.39 is 0 Å². The van der Waals surface area contributed by atoms with Crippen LogP contribution in [-0.2, 0) is 17.9 Å². The number of halogens is 1. The van der Waals surface area contributed by atoms with Gasteiger partial charge in [0.15, 0.2) is 0 Å². The van der Waals surface area contributed by atoms with Gasteiger partial charge in [-0.05, 0) is 36.1 Å². The maximum Gasteiger partial charge on any atom is 0.231 e. The highest BCUT2D eigenvalue weighted by atomic mass is 19.1. The van der Waals surface area contributed by atoms with Crippen molar-refractivity contribution in [1.29, 1.82) is 0 Å². The molecule has 0 radical (unpaired) electrons. The third-order valence-corrected chi connectivity index (χ3v) is 3.96. The molecule has 4 N–H and O–H groups in total. The predicted octanol–water partition coefficient (Wildman–Crippen LogP) is 1.51. The number of primary amides is 1. The SMILES string of the molecule is NCc1cc(F)ccc1CN(CC(N)=O)C1CCCC1. The van der Waals surface area contributed by atoms with Crippen molar-refractivity contribution in [2.24, 2.45) is 11.5 Å². The van der Waals surface area contributed by atoms with E-state index in [-0.39, 0.29) is 18.3 Å². The molecule has 0 bridgehead atoms. The topological polar surface area (TPSA) is 72.3 Å². The van der Waals surface area contributed by atoms with E-state index in [1.54, 1.807) is 6.07 Å². The van der Waals surface area contributed by atoms with E-state index in [0.717, 1.165) is 24.0 Å². The fourth-order valence-corrected chi connectivity index (χ4v) is 2.94. The van der Waals surface area contributed by atoms with Crippen molar-refractivity contribution in [2.75, 3.05) is 6.54 Å². The van der Waals surface area contributed by atoms with Crippen LogP contribution < -0.4 is 11.5 Å². The summed E-state index contributed by atoms with van der Waals surface area (Å²) < 4.78 is 13.2. The fourth-order valence-electron chi connectivity index (χ4n) is 2.94. The van der Waals surface area contributed by atoms with Crippen LogP contribution in [0.4, 0.5) is 4.39 Å². The number of amides is 1. The number of hydrogen-bond acceptors (Lipinski definition) is 3. The van der Waals surface area contributed by atoms with Crippen molar-refractivity contribution >= 4 is 5.91 Å². The molecule has 0 heterocycles. The molecule has 110 valence electrons. The van der Waals surface area contributed by atoms with Gasteiger partial charge in [0.2, 0.25) is 5.91 Å². The summed E-state index contributed by atoms with van der Waals surface area (Å²) in [5.74, 6) is -0.607. The second-order valence-corrected chi connectivity index (χ2v) is 5.43. The monoisotopic (exact) mass is 279 g/mol. The first-order chi connectivity index (χ1) is 9.60. The first-order valence-electron chi connectivity index (χ1n) is 7.10. The summed E-state index contributed by atoms with van der Waals surface area (Å²) >= 11 is 0. The molecule has 0 unspecified atom stereocenters. The summed E-state index contributed by atoms with van der Waals surface area (Å²) in [5, 5.41) is 0. The van der Waals surface area contributed by atoms with Gasteiger partial charge >= 0.3 is 0 Å². The van der Waals surface area contributed by atoms with Gasteiger partial charge in [0, 0.05) is 19.1 Å². The van der Waals surface area contributed by atoms with Crippen LogP contribution in [-0.4, -0.2) is 23.4 Å². The van der Waals surface area contributed by atoms with Gasteiger partial charge in [0.1, 0.15) is 5.82 Å². The molecule has 0 aromatic heterocycles. The Morgan fingerprint density at radius 2 is 2.00 bits per heavy atom. The van der Waals surface area contributed by atoms with Gasteiger partial charge in [-0.25, -0.2) is 4.39 Å². The van der Waals surface area contributed by atoms with Crippen LogP contribution in [0.1, 0.15) is 36.8 Å². The summed E-state index contributed by atoms with van der Waals surface area (Å²) in [7, 11) is 0. The maximum atomic E-state index is 13.2. The zero-order chi connectivity index (χ0) is 14.5. The second kappa shape index (κ2) is 6.81. The van der Waals surface area contributed by atoms with Crippen LogP contribution in [0.15, 0.2) is 18.2 Å². The van der Waals surface area contributed by atoms with Gasteiger partial charge in [0.05, 0.1) is 6.54 Å². The molecule has 0 spiro atoms. The highest BCUT2D eigenvalue weighted by molar-refractivity contribution is 5.76. The van der Waals surface area contributed by atoms with Crippen molar-refractivity contribution in [2.45, 2.75) is 44.8 Å². The minimum Gasteiger partial charge on any atom is -0.369 e. The van der Waals surface area contributed by atoms with Crippen LogP contribution >= 0.6 is 0 Å². The Morgan fingerprint density at radius 3 is 2.60 bits per heavy atom. The Bertz CT molecular complexity index is 472. The minimum atomic E-state index is -0.326. The molecule has 1 aliphatic carbocycles. The van der Waals surface area contributed by atoms with Gasteiger partial charge < -0.3 is 11.5 Å². The number of carbonyl (C=O) groups is 1. The van der Waals surface area contributed by atoms with Crippen molar-refractivity contribution in [1.82, 2.24) is 4.90 Å². The summed E-state index contributed by atoms with van der Waals surface area (Å²) in [4.78, 5) is 13.4. The van der Waals surface area contributed by atoms with Gasteiger partial charge in [-0.15, -0.1) is 0 Å². The molecule has 1 amide bonds. The predicted molar refractivity (Wildman–Crippen MR) is 76.2 cm³/mol.